The van der Waals surface area contributed by atoms with E-state index in [4.69, 9.17) is 0 Å². The third-order valence-electron chi connectivity index (χ3n) is 8.02. The molecule has 0 unspecified atom stereocenters. The summed E-state index contributed by atoms with van der Waals surface area (Å²) in [6, 6.07) is 0. The second-order valence-electron chi connectivity index (χ2n) is 10.4. The van der Waals surface area contributed by atoms with Gasteiger partial charge in [-0.2, -0.15) is 0 Å². The highest BCUT2D eigenvalue weighted by molar-refractivity contribution is 4.97. The van der Waals surface area contributed by atoms with Gasteiger partial charge in [-0.15, -0.1) is 0 Å². The van der Waals surface area contributed by atoms with E-state index < -0.39 is 0 Å². The van der Waals surface area contributed by atoms with Crippen molar-refractivity contribution < 1.29 is 0 Å². The van der Waals surface area contributed by atoms with Crippen LogP contribution in [0.15, 0.2) is 24.6 Å². The predicted molar refractivity (Wildman–Crippen MR) is 133 cm³/mol. The van der Waals surface area contributed by atoms with Crippen molar-refractivity contribution in [3.8, 4) is 0 Å². The standard InChI is InChI=1S/C26H49N5/c1-6-27(5)21-25-10-15-31(16-11-25)24(4)7-12-28-17-19-29(20-18-28)22-26-8-13-30(14-9-26)23(2)3/h25-26H,2,4,6-22H2,1,3,5H3. The Morgan fingerprint density at radius 2 is 1.35 bits per heavy atom. The van der Waals surface area contributed by atoms with E-state index in [1.807, 2.05) is 0 Å². The van der Waals surface area contributed by atoms with Crippen molar-refractivity contribution >= 4 is 0 Å². The van der Waals surface area contributed by atoms with Crippen LogP contribution in [0.3, 0.4) is 0 Å². The van der Waals surface area contributed by atoms with Gasteiger partial charge >= 0.3 is 0 Å². The van der Waals surface area contributed by atoms with E-state index in [1.165, 1.54) is 109 Å². The fourth-order valence-corrected chi connectivity index (χ4v) is 5.50. The van der Waals surface area contributed by atoms with E-state index in [2.05, 4.69) is 58.6 Å². The fourth-order valence-electron chi connectivity index (χ4n) is 5.50. The molecule has 0 aliphatic carbocycles. The van der Waals surface area contributed by atoms with E-state index in [0.717, 1.165) is 24.8 Å². The normalized spacial score (nSPS) is 23.0. The highest BCUT2D eigenvalue weighted by Gasteiger charge is 2.25. The van der Waals surface area contributed by atoms with Gasteiger partial charge in [-0.3, -0.25) is 0 Å². The topological polar surface area (TPSA) is 16.2 Å². The molecule has 3 saturated heterocycles. The Morgan fingerprint density at radius 3 is 1.94 bits per heavy atom. The first-order valence-electron chi connectivity index (χ1n) is 12.9. The monoisotopic (exact) mass is 431 g/mol. The SMILES string of the molecule is C=C(C)N1CCC(CN2CCN(CCC(=C)N3CCC(CN(C)CC)CC3)CC2)CC1. The smallest absolute Gasteiger partial charge is 0.0177 e. The third-order valence-corrected chi connectivity index (χ3v) is 8.02. The van der Waals surface area contributed by atoms with Crippen molar-refractivity contribution in [1.82, 2.24) is 24.5 Å². The van der Waals surface area contributed by atoms with Gasteiger partial charge in [-0.25, -0.2) is 0 Å². The molecule has 3 rings (SSSR count). The van der Waals surface area contributed by atoms with Gasteiger partial charge in [0, 0.05) is 83.4 Å². The molecule has 0 N–H and O–H groups in total. The lowest BCUT2D eigenvalue weighted by atomic mass is 9.95. The molecule has 0 radical (unpaired) electrons. The average molecular weight is 432 g/mol. The summed E-state index contributed by atoms with van der Waals surface area (Å²) in [6.07, 6.45) is 6.45. The summed E-state index contributed by atoms with van der Waals surface area (Å²) >= 11 is 0. The van der Waals surface area contributed by atoms with Gasteiger partial charge in [0.2, 0.25) is 0 Å². The minimum absolute atomic E-state index is 0.870. The Morgan fingerprint density at radius 1 is 0.806 bits per heavy atom. The van der Waals surface area contributed by atoms with Crippen molar-refractivity contribution in [2.24, 2.45) is 11.8 Å². The number of hydrogen-bond acceptors (Lipinski definition) is 5. The zero-order chi connectivity index (χ0) is 22.2. The van der Waals surface area contributed by atoms with Crippen LogP contribution in [0.4, 0.5) is 0 Å². The van der Waals surface area contributed by atoms with Crippen molar-refractivity contribution in [3.05, 3.63) is 24.6 Å². The van der Waals surface area contributed by atoms with E-state index in [-0.39, 0.29) is 0 Å². The maximum atomic E-state index is 4.44. The van der Waals surface area contributed by atoms with Crippen LogP contribution in [-0.2, 0) is 0 Å². The minimum atomic E-state index is 0.870. The summed E-state index contributed by atoms with van der Waals surface area (Å²) in [6.45, 7) is 27.6. The molecule has 0 aromatic heterocycles. The lowest BCUT2D eigenvalue weighted by Crippen LogP contribution is -2.49. The Hall–Kier alpha value is -1.04. The molecule has 0 aromatic rings. The van der Waals surface area contributed by atoms with Gasteiger partial charge in [-0.05, 0) is 64.5 Å². The summed E-state index contributed by atoms with van der Waals surface area (Å²) in [5, 5.41) is 0. The Labute approximate surface area is 192 Å². The molecular formula is C26H49N5. The molecule has 5 heteroatoms. The second-order valence-corrected chi connectivity index (χ2v) is 10.4. The van der Waals surface area contributed by atoms with Gasteiger partial charge in [-0.1, -0.05) is 20.1 Å². The molecule has 0 amide bonds. The van der Waals surface area contributed by atoms with E-state index in [1.54, 1.807) is 0 Å². The number of likely N-dealkylation sites (tertiary alicyclic amines) is 2. The molecule has 0 bridgehead atoms. The van der Waals surface area contributed by atoms with E-state index >= 15 is 0 Å². The van der Waals surface area contributed by atoms with Crippen molar-refractivity contribution in [3.63, 3.8) is 0 Å². The van der Waals surface area contributed by atoms with E-state index in [0.29, 0.717) is 0 Å². The van der Waals surface area contributed by atoms with Crippen molar-refractivity contribution in [2.75, 3.05) is 85.6 Å². The van der Waals surface area contributed by atoms with Gasteiger partial charge in [0.25, 0.3) is 0 Å². The minimum Gasteiger partial charge on any atom is -0.376 e. The molecule has 31 heavy (non-hydrogen) atoms. The quantitative estimate of drug-likeness (QED) is 0.525. The summed E-state index contributed by atoms with van der Waals surface area (Å²) in [4.78, 5) is 12.8. The van der Waals surface area contributed by atoms with Crippen LogP contribution in [0, 0.1) is 11.8 Å². The molecule has 5 nitrogen and oxygen atoms in total. The first-order chi connectivity index (χ1) is 14.9. The van der Waals surface area contributed by atoms with Crippen LogP contribution in [-0.4, -0.2) is 110 Å². The summed E-state index contributed by atoms with van der Waals surface area (Å²) in [5.74, 6) is 1.75. The number of rotatable bonds is 10. The van der Waals surface area contributed by atoms with Gasteiger partial charge < -0.3 is 24.5 Å². The summed E-state index contributed by atoms with van der Waals surface area (Å²) in [7, 11) is 2.25. The highest BCUT2D eigenvalue weighted by Crippen LogP contribution is 2.23. The van der Waals surface area contributed by atoms with Crippen LogP contribution >= 0.6 is 0 Å². The first kappa shape index (κ1) is 24.6. The lowest BCUT2D eigenvalue weighted by Gasteiger charge is -2.40. The predicted octanol–water partition coefficient (Wildman–Crippen LogP) is 3.42. The Kier molecular flexibility index (Phi) is 9.73. The van der Waals surface area contributed by atoms with Crippen LogP contribution < -0.4 is 0 Å². The molecule has 0 atom stereocenters. The number of nitrogens with zero attached hydrogens (tertiary/aromatic N) is 5. The maximum absolute atomic E-state index is 4.44. The average Bonchev–Trinajstić information content (AvgIpc) is 2.79. The largest absolute Gasteiger partial charge is 0.376 e. The zero-order valence-electron chi connectivity index (χ0n) is 20.8. The Balaban J connectivity index is 1.27. The number of hydrogen-bond donors (Lipinski definition) is 0. The number of allylic oxidation sites excluding steroid dienone is 1. The molecular weight excluding hydrogens is 382 g/mol. The number of piperidine rings is 2. The molecule has 3 heterocycles. The maximum Gasteiger partial charge on any atom is 0.0177 e. The van der Waals surface area contributed by atoms with Crippen molar-refractivity contribution in [1.29, 1.82) is 0 Å². The molecule has 0 aromatic carbocycles. The lowest BCUT2D eigenvalue weighted by molar-refractivity contribution is 0.0995. The molecule has 3 aliphatic heterocycles. The van der Waals surface area contributed by atoms with Gasteiger partial charge in [0.1, 0.15) is 0 Å². The van der Waals surface area contributed by atoms with Crippen molar-refractivity contribution in [2.45, 2.75) is 46.0 Å². The first-order valence-corrected chi connectivity index (χ1v) is 12.9. The molecule has 178 valence electrons. The molecule has 3 fully saturated rings. The summed E-state index contributed by atoms with van der Waals surface area (Å²) < 4.78 is 0. The number of piperazine rings is 1. The zero-order valence-corrected chi connectivity index (χ0v) is 20.8. The van der Waals surface area contributed by atoms with Crippen LogP contribution in [0.1, 0.15) is 46.0 Å². The van der Waals surface area contributed by atoms with E-state index in [9.17, 15) is 0 Å². The van der Waals surface area contributed by atoms with Crippen LogP contribution in [0.5, 0.6) is 0 Å². The fraction of sp³-hybridized carbons (Fsp3) is 0.846. The molecule has 0 spiro atoms. The van der Waals surface area contributed by atoms with Crippen LogP contribution in [0.2, 0.25) is 0 Å². The highest BCUT2D eigenvalue weighted by atomic mass is 15.3. The van der Waals surface area contributed by atoms with Crippen LogP contribution in [0.25, 0.3) is 0 Å². The Bertz CT molecular complexity index is 552. The second kappa shape index (κ2) is 12.3. The molecule has 0 saturated carbocycles. The van der Waals surface area contributed by atoms with Gasteiger partial charge in [0.15, 0.2) is 0 Å². The molecule has 3 aliphatic rings. The third kappa shape index (κ3) is 7.80. The van der Waals surface area contributed by atoms with Gasteiger partial charge in [0.05, 0.1) is 0 Å². The summed E-state index contributed by atoms with van der Waals surface area (Å²) in [5.41, 5.74) is 2.61.